The standard InChI is InChI=1S/C10H6O2.Na.H/c11-9-5-6-10(12)8-4-2-1-3-7(8)9;;/h1-6H;;. The van der Waals surface area contributed by atoms with E-state index in [4.69, 9.17) is 0 Å². The second kappa shape index (κ2) is 4.01. The van der Waals surface area contributed by atoms with Gasteiger partial charge in [0.15, 0.2) is 11.6 Å². The third-order valence-electron chi connectivity index (χ3n) is 1.84. The van der Waals surface area contributed by atoms with Crippen molar-refractivity contribution >= 4 is 41.1 Å². The molecule has 0 fully saturated rings. The average molecular weight is 182 g/mol. The molecule has 2 nitrogen and oxygen atoms in total. The van der Waals surface area contributed by atoms with Gasteiger partial charge in [-0.3, -0.25) is 9.59 Å². The molecule has 1 aliphatic rings. The van der Waals surface area contributed by atoms with Gasteiger partial charge in [-0.15, -0.1) is 0 Å². The van der Waals surface area contributed by atoms with Crippen molar-refractivity contribution in [3.05, 3.63) is 47.5 Å². The van der Waals surface area contributed by atoms with Crippen LogP contribution in [0.4, 0.5) is 0 Å². The van der Waals surface area contributed by atoms with Crippen LogP contribution in [-0.2, 0) is 0 Å². The number of hydrogen-bond acceptors (Lipinski definition) is 2. The van der Waals surface area contributed by atoms with Crippen LogP contribution < -0.4 is 0 Å². The Kier molecular flexibility index (Phi) is 3.20. The number of carbonyl (C=O) groups is 2. The molecule has 0 aliphatic heterocycles. The number of benzene rings is 1. The van der Waals surface area contributed by atoms with Crippen molar-refractivity contribution in [3.63, 3.8) is 0 Å². The molecule has 0 amide bonds. The topological polar surface area (TPSA) is 34.1 Å². The van der Waals surface area contributed by atoms with Crippen molar-refractivity contribution in [1.29, 1.82) is 0 Å². The van der Waals surface area contributed by atoms with Crippen LogP contribution in [0.5, 0.6) is 0 Å². The van der Waals surface area contributed by atoms with E-state index in [1.165, 1.54) is 12.2 Å². The van der Waals surface area contributed by atoms with Gasteiger partial charge in [0, 0.05) is 11.1 Å². The van der Waals surface area contributed by atoms with E-state index in [1.54, 1.807) is 24.3 Å². The predicted molar refractivity (Wildman–Crippen MR) is 51.4 cm³/mol. The summed E-state index contributed by atoms with van der Waals surface area (Å²) in [7, 11) is 0. The first-order valence-corrected chi connectivity index (χ1v) is 3.65. The van der Waals surface area contributed by atoms with Crippen LogP contribution >= 0.6 is 0 Å². The van der Waals surface area contributed by atoms with Crippen LogP contribution in [0, 0.1) is 0 Å². The first kappa shape index (κ1) is 10.4. The summed E-state index contributed by atoms with van der Waals surface area (Å²) in [4.78, 5) is 22.4. The molecule has 0 saturated carbocycles. The monoisotopic (exact) mass is 182 g/mol. The average Bonchev–Trinajstić information content (AvgIpc) is 2.12. The Morgan fingerprint density at radius 1 is 0.769 bits per heavy atom. The number of rotatable bonds is 0. The molecular formula is C10H7NaO2. The number of fused-ring (bicyclic) bond motifs is 1. The van der Waals surface area contributed by atoms with Crippen molar-refractivity contribution in [1.82, 2.24) is 0 Å². The minimum absolute atomic E-state index is 0. The maximum absolute atomic E-state index is 11.2. The Morgan fingerprint density at radius 2 is 1.15 bits per heavy atom. The molecule has 0 N–H and O–H groups in total. The fourth-order valence-electron chi connectivity index (χ4n) is 1.24. The van der Waals surface area contributed by atoms with Crippen molar-refractivity contribution in [2.45, 2.75) is 0 Å². The molecule has 0 saturated heterocycles. The second-order valence-corrected chi connectivity index (χ2v) is 2.61. The Labute approximate surface area is 97.9 Å². The summed E-state index contributed by atoms with van der Waals surface area (Å²) in [6, 6.07) is 6.84. The van der Waals surface area contributed by atoms with Crippen molar-refractivity contribution in [2.75, 3.05) is 0 Å². The van der Waals surface area contributed by atoms with Gasteiger partial charge in [0.2, 0.25) is 0 Å². The molecule has 0 radical (unpaired) electrons. The molecule has 60 valence electrons. The van der Waals surface area contributed by atoms with Crippen LogP contribution in [0.15, 0.2) is 36.4 Å². The maximum atomic E-state index is 11.2. The first-order valence-electron chi connectivity index (χ1n) is 3.65. The number of carbonyl (C=O) groups excluding carboxylic acids is 2. The molecule has 0 heterocycles. The van der Waals surface area contributed by atoms with Crippen LogP contribution in [0.25, 0.3) is 0 Å². The summed E-state index contributed by atoms with van der Waals surface area (Å²) >= 11 is 0. The zero-order valence-corrected chi connectivity index (χ0v) is 6.28. The first-order chi connectivity index (χ1) is 5.79. The molecule has 0 aromatic heterocycles. The molecular weight excluding hydrogens is 175 g/mol. The Bertz CT molecular complexity index is 357. The summed E-state index contributed by atoms with van der Waals surface area (Å²) in [6.07, 6.45) is 2.62. The summed E-state index contributed by atoms with van der Waals surface area (Å²) in [5.74, 6) is -0.185. The van der Waals surface area contributed by atoms with Crippen molar-refractivity contribution < 1.29 is 9.59 Å². The fraction of sp³-hybridized carbons (Fsp3) is 0. The van der Waals surface area contributed by atoms with E-state index < -0.39 is 0 Å². The van der Waals surface area contributed by atoms with Crippen LogP contribution in [0.3, 0.4) is 0 Å². The summed E-state index contributed by atoms with van der Waals surface area (Å²) in [5.41, 5.74) is 1.01. The SMILES string of the molecule is O=C1C=CC(=O)c2ccccc21.[NaH]. The van der Waals surface area contributed by atoms with Gasteiger partial charge in [0.25, 0.3) is 0 Å². The Morgan fingerprint density at radius 3 is 1.54 bits per heavy atom. The Balaban J connectivity index is 0.000000845. The normalized spacial score (nSPS) is 13.5. The second-order valence-electron chi connectivity index (χ2n) is 2.61. The number of allylic oxidation sites excluding steroid dienone is 2. The molecule has 1 aromatic carbocycles. The summed E-state index contributed by atoms with van der Waals surface area (Å²) in [6.45, 7) is 0. The number of ketones is 2. The molecule has 0 spiro atoms. The molecule has 2 rings (SSSR count). The van der Waals surface area contributed by atoms with Gasteiger partial charge in [0.05, 0.1) is 0 Å². The fourth-order valence-corrected chi connectivity index (χ4v) is 1.24. The predicted octanol–water partition coefficient (Wildman–Crippen LogP) is 0.973. The summed E-state index contributed by atoms with van der Waals surface area (Å²) < 4.78 is 0. The Hall–Kier alpha value is -0.700. The zero-order chi connectivity index (χ0) is 8.55. The van der Waals surface area contributed by atoms with E-state index in [0.29, 0.717) is 11.1 Å². The molecule has 0 unspecified atom stereocenters. The zero-order valence-electron chi connectivity index (χ0n) is 6.28. The molecule has 0 bridgehead atoms. The van der Waals surface area contributed by atoms with Gasteiger partial charge in [-0.05, 0) is 12.2 Å². The molecule has 1 aliphatic carbocycles. The van der Waals surface area contributed by atoms with Crippen LogP contribution in [0.2, 0.25) is 0 Å². The van der Waals surface area contributed by atoms with E-state index in [2.05, 4.69) is 0 Å². The van der Waals surface area contributed by atoms with E-state index in [1.807, 2.05) is 0 Å². The van der Waals surface area contributed by atoms with E-state index in [9.17, 15) is 9.59 Å². The molecule has 0 atom stereocenters. The van der Waals surface area contributed by atoms with Crippen LogP contribution in [0.1, 0.15) is 20.7 Å². The van der Waals surface area contributed by atoms with Crippen LogP contribution in [-0.4, -0.2) is 41.1 Å². The van der Waals surface area contributed by atoms with E-state index >= 15 is 0 Å². The van der Waals surface area contributed by atoms with Crippen molar-refractivity contribution in [2.24, 2.45) is 0 Å². The molecule has 3 heteroatoms. The van der Waals surface area contributed by atoms with Gasteiger partial charge in [-0.25, -0.2) is 0 Å². The molecule has 1 aromatic rings. The van der Waals surface area contributed by atoms with Gasteiger partial charge in [-0.1, -0.05) is 24.3 Å². The summed E-state index contributed by atoms with van der Waals surface area (Å²) in [5, 5.41) is 0. The van der Waals surface area contributed by atoms with E-state index in [-0.39, 0.29) is 41.1 Å². The third-order valence-corrected chi connectivity index (χ3v) is 1.84. The quantitative estimate of drug-likeness (QED) is 0.560. The molecule has 13 heavy (non-hydrogen) atoms. The number of hydrogen-bond donors (Lipinski definition) is 0. The van der Waals surface area contributed by atoms with Gasteiger partial charge in [0.1, 0.15) is 0 Å². The van der Waals surface area contributed by atoms with E-state index in [0.717, 1.165) is 0 Å². The van der Waals surface area contributed by atoms with Crippen molar-refractivity contribution in [3.8, 4) is 0 Å². The van der Waals surface area contributed by atoms with Gasteiger partial charge >= 0.3 is 29.6 Å². The minimum atomic E-state index is -0.0924. The third kappa shape index (κ3) is 1.80. The van der Waals surface area contributed by atoms with Gasteiger partial charge < -0.3 is 0 Å². The van der Waals surface area contributed by atoms with Gasteiger partial charge in [-0.2, -0.15) is 0 Å².